The van der Waals surface area contributed by atoms with E-state index in [0.717, 1.165) is 32.1 Å². The number of carbonyl (C=O) groups excluding carboxylic acids is 4. The van der Waals surface area contributed by atoms with Gasteiger partial charge in [-0.25, -0.2) is 9.59 Å². The third kappa shape index (κ3) is 10.7. The summed E-state index contributed by atoms with van der Waals surface area (Å²) < 4.78 is 21.2. The monoisotopic (exact) mass is 456 g/mol. The smallest absolute Gasteiger partial charge is 0.407 e. The molecule has 32 heavy (non-hydrogen) atoms. The molecule has 0 radical (unpaired) electrons. The Morgan fingerprint density at radius 2 is 1.56 bits per heavy atom. The van der Waals surface area contributed by atoms with Gasteiger partial charge in [0.25, 0.3) is 11.8 Å². The number of hydroxylamine groups is 2. The van der Waals surface area contributed by atoms with Crippen LogP contribution in [0.2, 0.25) is 0 Å². The predicted octanol–water partition coefficient (Wildman–Crippen LogP) is 1.26. The number of hydrogen-bond donors (Lipinski definition) is 1. The molecule has 1 unspecified atom stereocenters. The standard InChI is InChI=1S/C21H32N2O9/c24-18-8-9-19(25)23(18)32-20(26)16-30-15-14-29-13-12-28-11-10-22-21(27)31-17-6-4-2-1-3-5-7-17/h1-2,17H,3-16H2,(H,22,27)/b2-1+. The van der Waals surface area contributed by atoms with Crippen LogP contribution in [0.5, 0.6) is 0 Å². The average molecular weight is 456 g/mol. The van der Waals surface area contributed by atoms with Crippen LogP contribution in [0, 0.1) is 0 Å². The van der Waals surface area contributed by atoms with Crippen LogP contribution in [0.15, 0.2) is 12.2 Å². The first kappa shape index (κ1) is 25.8. The predicted molar refractivity (Wildman–Crippen MR) is 110 cm³/mol. The maximum absolute atomic E-state index is 11.8. The van der Waals surface area contributed by atoms with Crippen molar-refractivity contribution in [3.05, 3.63) is 12.2 Å². The highest BCUT2D eigenvalue weighted by atomic mass is 16.7. The van der Waals surface area contributed by atoms with Crippen molar-refractivity contribution in [1.29, 1.82) is 0 Å². The van der Waals surface area contributed by atoms with Crippen molar-refractivity contribution in [2.75, 3.05) is 46.2 Å². The molecular formula is C21H32N2O9. The summed E-state index contributed by atoms with van der Waals surface area (Å²) in [5.74, 6) is -1.90. The van der Waals surface area contributed by atoms with E-state index >= 15 is 0 Å². The third-order valence-corrected chi connectivity index (χ3v) is 4.67. The molecule has 0 aromatic heterocycles. The maximum atomic E-state index is 11.8. The summed E-state index contributed by atoms with van der Waals surface area (Å²) in [6.45, 7) is 1.33. The lowest BCUT2D eigenvalue weighted by molar-refractivity contribution is -0.200. The first-order chi connectivity index (χ1) is 15.6. The number of allylic oxidation sites excluding steroid dienone is 2. The first-order valence-corrected chi connectivity index (χ1v) is 11.0. The molecule has 11 nitrogen and oxygen atoms in total. The van der Waals surface area contributed by atoms with Crippen molar-refractivity contribution >= 4 is 23.9 Å². The van der Waals surface area contributed by atoms with Gasteiger partial charge in [-0.2, -0.15) is 0 Å². The van der Waals surface area contributed by atoms with Crippen LogP contribution in [-0.2, 0) is 38.2 Å². The molecule has 2 rings (SSSR count). The normalized spacial score (nSPS) is 19.9. The number of nitrogens with zero attached hydrogens (tertiary/aromatic N) is 1. The molecule has 0 saturated carbocycles. The van der Waals surface area contributed by atoms with Gasteiger partial charge >= 0.3 is 12.1 Å². The summed E-state index contributed by atoms with van der Waals surface area (Å²) in [4.78, 5) is 50.6. The largest absolute Gasteiger partial charge is 0.446 e. The number of rotatable bonds is 13. The molecule has 0 bridgehead atoms. The number of hydrogen-bond acceptors (Lipinski definition) is 9. The minimum Gasteiger partial charge on any atom is -0.446 e. The van der Waals surface area contributed by atoms with Crippen LogP contribution in [-0.4, -0.2) is 81.2 Å². The van der Waals surface area contributed by atoms with Crippen LogP contribution < -0.4 is 5.32 Å². The van der Waals surface area contributed by atoms with E-state index in [1.54, 1.807) is 0 Å². The van der Waals surface area contributed by atoms with Crippen LogP contribution in [0.1, 0.15) is 44.9 Å². The first-order valence-electron chi connectivity index (χ1n) is 11.0. The number of alkyl carbamates (subject to hydrolysis) is 1. The molecule has 1 fully saturated rings. The van der Waals surface area contributed by atoms with E-state index in [9.17, 15) is 19.2 Å². The van der Waals surface area contributed by atoms with Gasteiger partial charge in [-0.05, 0) is 32.1 Å². The molecule has 2 aliphatic rings. The fraction of sp³-hybridized carbons (Fsp3) is 0.714. The molecule has 1 heterocycles. The van der Waals surface area contributed by atoms with Crippen molar-refractivity contribution in [2.45, 2.75) is 51.0 Å². The van der Waals surface area contributed by atoms with Gasteiger partial charge in [0.2, 0.25) is 0 Å². The van der Waals surface area contributed by atoms with Gasteiger partial charge < -0.3 is 29.1 Å². The van der Waals surface area contributed by atoms with Crippen molar-refractivity contribution in [2.24, 2.45) is 0 Å². The zero-order valence-corrected chi connectivity index (χ0v) is 18.3. The van der Waals surface area contributed by atoms with Gasteiger partial charge in [-0.3, -0.25) is 9.59 Å². The minimum atomic E-state index is -0.825. The van der Waals surface area contributed by atoms with Gasteiger partial charge in [0.05, 0.1) is 33.0 Å². The molecule has 0 aromatic carbocycles. The molecule has 1 N–H and O–H groups in total. The van der Waals surface area contributed by atoms with Gasteiger partial charge in [-0.1, -0.05) is 12.2 Å². The molecule has 0 spiro atoms. The zero-order valence-electron chi connectivity index (χ0n) is 18.3. The van der Waals surface area contributed by atoms with Gasteiger partial charge in [0.1, 0.15) is 12.7 Å². The number of carbonyl (C=O) groups is 4. The lowest BCUT2D eigenvalue weighted by Gasteiger charge is -2.18. The van der Waals surface area contributed by atoms with Crippen molar-refractivity contribution in [3.63, 3.8) is 0 Å². The molecule has 0 aromatic rings. The summed E-state index contributed by atoms with van der Waals surface area (Å²) >= 11 is 0. The molecule has 3 amide bonds. The van der Waals surface area contributed by atoms with Gasteiger partial charge in [0, 0.05) is 19.4 Å². The molecule has 11 heteroatoms. The van der Waals surface area contributed by atoms with E-state index in [-0.39, 0.29) is 32.2 Å². The maximum Gasteiger partial charge on any atom is 0.407 e. The second-order valence-electron chi connectivity index (χ2n) is 7.26. The number of ether oxygens (including phenoxy) is 4. The average Bonchev–Trinajstić information content (AvgIpc) is 3.06. The quantitative estimate of drug-likeness (QED) is 0.247. The highest BCUT2D eigenvalue weighted by Crippen LogP contribution is 2.15. The Morgan fingerprint density at radius 3 is 2.31 bits per heavy atom. The van der Waals surface area contributed by atoms with Crippen LogP contribution in [0.4, 0.5) is 4.79 Å². The van der Waals surface area contributed by atoms with E-state index in [4.69, 9.17) is 18.9 Å². The number of nitrogens with one attached hydrogen (secondary N) is 1. The third-order valence-electron chi connectivity index (χ3n) is 4.67. The fourth-order valence-corrected chi connectivity index (χ4v) is 3.04. The molecule has 1 saturated heterocycles. The van der Waals surface area contributed by atoms with E-state index < -0.39 is 30.5 Å². The highest BCUT2D eigenvalue weighted by Gasteiger charge is 2.32. The summed E-state index contributed by atoms with van der Waals surface area (Å²) in [7, 11) is 0. The minimum absolute atomic E-state index is 0.0384. The van der Waals surface area contributed by atoms with E-state index in [1.807, 2.05) is 0 Å². The molecular weight excluding hydrogens is 424 g/mol. The van der Waals surface area contributed by atoms with Crippen LogP contribution in [0.3, 0.4) is 0 Å². The Bertz CT molecular complexity index is 637. The Hall–Kier alpha value is -2.50. The van der Waals surface area contributed by atoms with E-state index in [2.05, 4.69) is 22.3 Å². The number of amides is 3. The molecule has 1 aliphatic heterocycles. The Labute approximate surface area is 187 Å². The summed E-state index contributed by atoms with van der Waals surface area (Å²) in [5, 5.41) is 3.15. The van der Waals surface area contributed by atoms with Crippen LogP contribution in [0.25, 0.3) is 0 Å². The Kier molecular flexibility index (Phi) is 12.3. The van der Waals surface area contributed by atoms with Gasteiger partial charge in [-0.15, -0.1) is 5.06 Å². The SMILES string of the molecule is O=C(COCCOCCOCCNC(=O)OC1CC/C=C/CCC1)ON1C(=O)CCC1=O. The van der Waals surface area contributed by atoms with Crippen molar-refractivity contribution < 1.29 is 43.0 Å². The molecule has 1 aliphatic carbocycles. The van der Waals surface area contributed by atoms with Gasteiger partial charge in [0.15, 0.2) is 0 Å². The zero-order chi connectivity index (χ0) is 23.0. The topological polar surface area (TPSA) is 130 Å². The van der Waals surface area contributed by atoms with Crippen LogP contribution >= 0.6 is 0 Å². The Balaban J connectivity index is 1.36. The highest BCUT2D eigenvalue weighted by molar-refractivity contribution is 6.01. The summed E-state index contributed by atoms with van der Waals surface area (Å²) in [6, 6.07) is 0. The number of imide groups is 1. The summed E-state index contributed by atoms with van der Waals surface area (Å²) in [6.07, 6.45) is 8.63. The lowest BCUT2D eigenvalue weighted by Crippen LogP contribution is -2.33. The molecule has 1 atom stereocenters. The Morgan fingerprint density at radius 1 is 0.906 bits per heavy atom. The van der Waals surface area contributed by atoms with Crippen molar-refractivity contribution in [1.82, 2.24) is 10.4 Å². The van der Waals surface area contributed by atoms with E-state index in [1.165, 1.54) is 0 Å². The lowest BCUT2D eigenvalue weighted by atomic mass is 10.0. The van der Waals surface area contributed by atoms with Crippen molar-refractivity contribution in [3.8, 4) is 0 Å². The summed E-state index contributed by atoms with van der Waals surface area (Å²) in [5.41, 5.74) is 0. The van der Waals surface area contributed by atoms with E-state index in [0.29, 0.717) is 31.4 Å². The second kappa shape index (κ2) is 15.3. The molecule has 180 valence electrons. The fourth-order valence-electron chi connectivity index (χ4n) is 3.04. The second-order valence-corrected chi connectivity index (χ2v) is 7.26.